The van der Waals surface area contributed by atoms with Gasteiger partial charge in [-0.25, -0.2) is 0 Å². The van der Waals surface area contributed by atoms with E-state index in [2.05, 4.69) is 20.8 Å². The molecule has 1 saturated heterocycles. The van der Waals surface area contributed by atoms with Crippen LogP contribution in [0.5, 0.6) is 0 Å². The van der Waals surface area contributed by atoms with Crippen molar-refractivity contribution in [3.05, 3.63) is 0 Å². The van der Waals surface area contributed by atoms with E-state index in [1.807, 2.05) is 4.90 Å². The normalized spacial score (nSPS) is 17.8. The Hall–Kier alpha value is -1.06. The molecule has 0 atom stereocenters. The van der Waals surface area contributed by atoms with Gasteiger partial charge in [-0.3, -0.25) is 9.59 Å². The highest BCUT2D eigenvalue weighted by molar-refractivity contribution is 5.76. The molecule has 4 nitrogen and oxygen atoms in total. The highest BCUT2D eigenvalue weighted by Crippen LogP contribution is 2.24. The monoisotopic (exact) mass is 254 g/mol. The molecule has 2 amide bonds. The number of hydrogen-bond donors (Lipinski definition) is 1. The number of primary amides is 1. The van der Waals surface area contributed by atoms with E-state index in [9.17, 15) is 9.59 Å². The van der Waals surface area contributed by atoms with Gasteiger partial charge in [0.05, 0.1) is 0 Å². The van der Waals surface area contributed by atoms with Crippen molar-refractivity contribution in [3.63, 3.8) is 0 Å². The van der Waals surface area contributed by atoms with E-state index < -0.39 is 0 Å². The van der Waals surface area contributed by atoms with Crippen molar-refractivity contribution in [1.82, 2.24) is 4.90 Å². The van der Waals surface area contributed by atoms with Crippen LogP contribution in [0.3, 0.4) is 0 Å². The number of piperidine rings is 1. The van der Waals surface area contributed by atoms with Crippen LogP contribution in [0, 0.1) is 11.3 Å². The number of likely N-dealkylation sites (tertiary alicyclic amines) is 1. The van der Waals surface area contributed by atoms with Gasteiger partial charge in [-0.15, -0.1) is 0 Å². The zero-order valence-electron chi connectivity index (χ0n) is 11.9. The first-order valence-corrected chi connectivity index (χ1v) is 6.84. The van der Waals surface area contributed by atoms with Crippen molar-refractivity contribution in [2.24, 2.45) is 17.1 Å². The van der Waals surface area contributed by atoms with Crippen molar-refractivity contribution in [3.8, 4) is 0 Å². The lowest BCUT2D eigenvalue weighted by Crippen LogP contribution is -2.39. The number of nitrogens with two attached hydrogens (primary N) is 1. The Balaban J connectivity index is 2.29. The van der Waals surface area contributed by atoms with Crippen LogP contribution in [0.25, 0.3) is 0 Å². The third-order valence-electron chi connectivity index (χ3n) is 3.55. The lowest BCUT2D eigenvalue weighted by Gasteiger charge is -2.32. The Morgan fingerprint density at radius 3 is 2.22 bits per heavy atom. The van der Waals surface area contributed by atoms with Crippen molar-refractivity contribution in [2.75, 3.05) is 13.1 Å². The molecule has 1 heterocycles. The Kier molecular flexibility index (Phi) is 5.17. The molecule has 0 bridgehead atoms. The lowest BCUT2D eigenvalue weighted by atomic mass is 9.89. The van der Waals surface area contributed by atoms with Crippen molar-refractivity contribution in [2.45, 2.75) is 52.9 Å². The summed E-state index contributed by atoms with van der Waals surface area (Å²) >= 11 is 0. The second-order valence-corrected chi connectivity index (χ2v) is 6.56. The van der Waals surface area contributed by atoms with Gasteiger partial charge < -0.3 is 10.6 Å². The second kappa shape index (κ2) is 6.21. The maximum absolute atomic E-state index is 12.0. The summed E-state index contributed by atoms with van der Waals surface area (Å²) in [6.07, 6.45) is 3.83. The minimum Gasteiger partial charge on any atom is -0.370 e. The fraction of sp³-hybridized carbons (Fsp3) is 0.857. The van der Waals surface area contributed by atoms with Crippen LogP contribution in [0.4, 0.5) is 0 Å². The zero-order chi connectivity index (χ0) is 13.8. The molecule has 0 aromatic heterocycles. The van der Waals surface area contributed by atoms with E-state index in [0.29, 0.717) is 18.8 Å². The van der Waals surface area contributed by atoms with E-state index in [4.69, 9.17) is 5.73 Å². The SMILES string of the molecule is CC(C)(C)CCC(=O)N1CCC(CC(N)=O)CC1. The maximum atomic E-state index is 12.0. The Morgan fingerprint density at radius 1 is 1.22 bits per heavy atom. The van der Waals surface area contributed by atoms with Crippen LogP contribution in [-0.4, -0.2) is 29.8 Å². The van der Waals surface area contributed by atoms with Crippen LogP contribution in [0.2, 0.25) is 0 Å². The van der Waals surface area contributed by atoms with Crippen LogP contribution < -0.4 is 5.73 Å². The molecule has 1 aliphatic heterocycles. The highest BCUT2D eigenvalue weighted by Gasteiger charge is 2.24. The molecule has 4 heteroatoms. The summed E-state index contributed by atoms with van der Waals surface area (Å²) in [6.45, 7) is 8.01. The number of carbonyl (C=O) groups is 2. The van der Waals surface area contributed by atoms with Crippen molar-refractivity contribution < 1.29 is 9.59 Å². The first-order valence-electron chi connectivity index (χ1n) is 6.84. The predicted molar refractivity (Wildman–Crippen MR) is 71.8 cm³/mol. The van der Waals surface area contributed by atoms with E-state index >= 15 is 0 Å². The molecule has 0 spiro atoms. The molecular weight excluding hydrogens is 228 g/mol. The van der Waals surface area contributed by atoms with Gasteiger partial charge in [-0.2, -0.15) is 0 Å². The van der Waals surface area contributed by atoms with E-state index in [1.54, 1.807) is 0 Å². The van der Waals surface area contributed by atoms with E-state index in [-0.39, 0.29) is 17.2 Å². The summed E-state index contributed by atoms with van der Waals surface area (Å²) in [6, 6.07) is 0. The maximum Gasteiger partial charge on any atom is 0.222 e. The van der Waals surface area contributed by atoms with Gasteiger partial charge in [-0.1, -0.05) is 20.8 Å². The average Bonchev–Trinajstić information content (AvgIpc) is 2.25. The van der Waals surface area contributed by atoms with Gasteiger partial charge >= 0.3 is 0 Å². The number of carbonyl (C=O) groups excluding carboxylic acids is 2. The highest BCUT2D eigenvalue weighted by atomic mass is 16.2. The third kappa shape index (κ3) is 5.52. The summed E-state index contributed by atoms with van der Waals surface area (Å²) in [5.41, 5.74) is 5.40. The predicted octanol–water partition coefficient (Wildman–Crippen LogP) is 1.93. The largest absolute Gasteiger partial charge is 0.370 e. The fourth-order valence-electron chi connectivity index (χ4n) is 2.31. The molecule has 104 valence electrons. The van der Waals surface area contributed by atoms with Gasteiger partial charge in [0.1, 0.15) is 0 Å². The first-order chi connectivity index (χ1) is 8.28. The summed E-state index contributed by atoms with van der Waals surface area (Å²) in [5.74, 6) is 0.393. The zero-order valence-corrected chi connectivity index (χ0v) is 11.9. The van der Waals surface area contributed by atoms with Gasteiger partial charge in [0.2, 0.25) is 11.8 Å². The molecule has 1 fully saturated rings. The summed E-state index contributed by atoms with van der Waals surface area (Å²) in [7, 11) is 0. The van der Waals surface area contributed by atoms with Crippen LogP contribution in [-0.2, 0) is 9.59 Å². The van der Waals surface area contributed by atoms with Crippen LogP contribution >= 0.6 is 0 Å². The molecular formula is C14H26N2O2. The minimum absolute atomic E-state index is 0.208. The second-order valence-electron chi connectivity index (χ2n) is 6.56. The Labute approximate surface area is 110 Å². The Morgan fingerprint density at radius 2 is 1.78 bits per heavy atom. The summed E-state index contributed by atoms with van der Waals surface area (Å²) in [5, 5.41) is 0. The summed E-state index contributed by atoms with van der Waals surface area (Å²) in [4.78, 5) is 24.8. The quantitative estimate of drug-likeness (QED) is 0.833. The lowest BCUT2D eigenvalue weighted by molar-refractivity contribution is -0.133. The fourth-order valence-corrected chi connectivity index (χ4v) is 2.31. The molecule has 0 aliphatic carbocycles. The molecule has 18 heavy (non-hydrogen) atoms. The van der Waals surface area contributed by atoms with Crippen LogP contribution in [0.1, 0.15) is 52.9 Å². The number of rotatable bonds is 4. The molecule has 0 aromatic carbocycles. The number of amides is 2. The molecule has 2 N–H and O–H groups in total. The molecule has 1 aliphatic rings. The van der Waals surface area contributed by atoms with E-state index in [0.717, 1.165) is 32.4 Å². The number of hydrogen-bond acceptors (Lipinski definition) is 2. The molecule has 0 radical (unpaired) electrons. The topological polar surface area (TPSA) is 63.4 Å². The molecule has 0 saturated carbocycles. The average molecular weight is 254 g/mol. The molecule has 1 rings (SSSR count). The van der Waals surface area contributed by atoms with Gasteiger partial charge in [0.25, 0.3) is 0 Å². The molecule has 0 aromatic rings. The third-order valence-corrected chi connectivity index (χ3v) is 3.55. The standard InChI is InChI=1S/C14H26N2O2/c1-14(2,3)7-4-13(18)16-8-5-11(6-9-16)10-12(15)17/h11H,4-10H2,1-3H3,(H2,15,17). The first kappa shape index (κ1) is 15.0. The van der Waals surface area contributed by atoms with Crippen LogP contribution in [0.15, 0.2) is 0 Å². The van der Waals surface area contributed by atoms with Gasteiger partial charge in [0, 0.05) is 25.9 Å². The summed E-state index contributed by atoms with van der Waals surface area (Å²) < 4.78 is 0. The van der Waals surface area contributed by atoms with Gasteiger partial charge in [-0.05, 0) is 30.6 Å². The molecule has 0 unspecified atom stereocenters. The smallest absolute Gasteiger partial charge is 0.222 e. The van der Waals surface area contributed by atoms with Crippen molar-refractivity contribution >= 4 is 11.8 Å². The van der Waals surface area contributed by atoms with Crippen molar-refractivity contribution in [1.29, 1.82) is 0 Å². The minimum atomic E-state index is -0.229. The van der Waals surface area contributed by atoms with Gasteiger partial charge in [0.15, 0.2) is 0 Å². The van der Waals surface area contributed by atoms with E-state index in [1.165, 1.54) is 0 Å². The number of nitrogens with zero attached hydrogens (tertiary/aromatic N) is 1. The Bertz CT molecular complexity index is 299.